The van der Waals surface area contributed by atoms with E-state index in [-0.39, 0.29) is 43.0 Å². The van der Waals surface area contributed by atoms with Gasteiger partial charge in [-0.25, -0.2) is 0 Å². The van der Waals surface area contributed by atoms with E-state index in [0.29, 0.717) is 13.0 Å². The molecule has 0 aromatic heterocycles. The van der Waals surface area contributed by atoms with Gasteiger partial charge in [0.25, 0.3) is 0 Å². The summed E-state index contributed by atoms with van der Waals surface area (Å²) in [5, 5.41) is 16.5. The summed E-state index contributed by atoms with van der Waals surface area (Å²) < 4.78 is 0. The third-order valence-corrected chi connectivity index (χ3v) is 5.36. The SMILES string of the molecule is CC(C)[C@H](N)C(=O)N[C@@H](Cc1ccccc1)[C@@H](O)CCC(=O)NCCc1ccccc1.Cl. The highest BCUT2D eigenvalue weighted by molar-refractivity contribution is 5.85. The van der Waals surface area contributed by atoms with Gasteiger partial charge < -0.3 is 21.5 Å². The first-order chi connectivity index (χ1) is 14.9. The molecule has 6 nitrogen and oxygen atoms in total. The van der Waals surface area contributed by atoms with Crippen molar-refractivity contribution < 1.29 is 14.7 Å². The summed E-state index contributed by atoms with van der Waals surface area (Å²) in [5.41, 5.74) is 8.13. The van der Waals surface area contributed by atoms with Gasteiger partial charge in [-0.1, -0.05) is 74.5 Å². The molecule has 0 saturated carbocycles. The molecule has 0 fully saturated rings. The average Bonchev–Trinajstić information content (AvgIpc) is 2.77. The Hall–Kier alpha value is -2.41. The number of nitrogens with one attached hydrogen (secondary N) is 2. The van der Waals surface area contributed by atoms with E-state index in [2.05, 4.69) is 10.6 Å². The van der Waals surface area contributed by atoms with Crippen LogP contribution in [-0.2, 0) is 22.4 Å². The lowest BCUT2D eigenvalue weighted by atomic mass is 9.96. The van der Waals surface area contributed by atoms with Crippen LogP contribution in [0.5, 0.6) is 0 Å². The topological polar surface area (TPSA) is 104 Å². The molecule has 2 amide bonds. The monoisotopic (exact) mass is 461 g/mol. The first-order valence-electron chi connectivity index (χ1n) is 11.0. The van der Waals surface area contributed by atoms with Gasteiger partial charge in [0.15, 0.2) is 0 Å². The Labute approximate surface area is 197 Å². The Bertz CT molecular complexity index is 803. The minimum atomic E-state index is -0.858. The molecule has 0 heterocycles. The van der Waals surface area contributed by atoms with Gasteiger partial charge in [-0.2, -0.15) is 0 Å². The van der Waals surface area contributed by atoms with E-state index < -0.39 is 18.2 Å². The molecule has 0 saturated heterocycles. The number of nitrogens with two attached hydrogens (primary N) is 1. The van der Waals surface area contributed by atoms with Crippen LogP contribution in [0.1, 0.15) is 37.8 Å². The van der Waals surface area contributed by atoms with Gasteiger partial charge in [0.05, 0.1) is 18.2 Å². The van der Waals surface area contributed by atoms with Gasteiger partial charge >= 0.3 is 0 Å². The molecule has 2 rings (SSSR count). The van der Waals surface area contributed by atoms with Crippen LogP contribution in [0.15, 0.2) is 60.7 Å². The van der Waals surface area contributed by atoms with E-state index in [1.165, 1.54) is 0 Å². The number of rotatable bonds is 12. The maximum Gasteiger partial charge on any atom is 0.237 e. The van der Waals surface area contributed by atoms with Crippen molar-refractivity contribution in [2.45, 2.75) is 57.7 Å². The summed E-state index contributed by atoms with van der Waals surface area (Å²) in [5.74, 6) is -0.411. The number of hydrogen-bond acceptors (Lipinski definition) is 4. The predicted molar refractivity (Wildman–Crippen MR) is 131 cm³/mol. The normalized spacial score (nSPS) is 13.5. The number of hydrogen-bond donors (Lipinski definition) is 4. The fourth-order valence-electron chi connectivity index (χ4n) is 3.29. The van der Waals surface area contributed by atoms with Crippen molar-refractivity contribution in [2.24, 2.45) is 11.7 Å². The standard InChI is InChI=1S/C25H35N3O3.ClH/c1-18(2)24(26)25(31)28-21(17-20-11-7-4-8-12-20)22(29)13-14-23(30)27-16-15-19-9-5-3-6-10-19;/h3-12,18,21-22,24,29H,13-17,26H2,1-2H3,(H,27,30)(H,28,31);1H/t21-,22-,24-;/m0./s1. The van der Waals surface area contributed by atoms with Gasteiger partial charge in [0, 0.05) is 13.0 Å². The second-order valence-electron chi connectivity index (χ2n) is 8.27. The Kier molecular flexibility index (Phi) is 12.6. The summed E-state index contributed by atoms with van der Waals surface area (Å²) in [6.45, 7) is 4.31. The van der Waals surface area contributed by atoms with Crippen LogP contribution >= 0.6 is 12.4 Å². The number of benzene rings is 2. The molecule has 3 atom stereocenters. The van der Waals surface area contributed by atoms with Crippen molar-refractivity contribution in [1.29, 1.82) is 0 Å². The minimum Gasteiger partial charge on any atom is -0.391 e. The Morgan fingerprint density at radius 3 is 2.09 bits per heavy atom. The Morgan fingerprint density at radius 1 is 0.969 bits per heavy atom. The van der Waals surface area contributed by atoms with Crippen molar-refractivity contribution >= 4 is 24.2 Å². The Balaban J connectivity index is 0.00000512. The molecule has 0 bridgehead atoms. The second kappa shape index (κ2) is 14.6. The third kappa shape index (κ3) is 9.81. The van der Waals surface area contributed by atoms with Gasteiger partial charge in [-0.3, -0.25) is 9.59 Å². The van der Waals surface area contributed by atoms with E-state index >= 15 is 0 Å². The van der Waals surface area contributed by atoms with Crippen LogP contribution in [-0.4, -0.2) is 41.7 Å². The van der Waals surface area contributed by atoms with Gasteiger partial charge in [0.2, 0.25) is 11.8 Å². The molecular formula is C25H36ClN3O3. The molecule has 5 N–H and O–H groups in total. The maximum atomic E-state index is 12.5. The smallest absolute Gasteiger partial charge is 0.237 e. The molecule has 32 heavy (non-hydrogen) atoms. The van der Waals surface area contributed by atoms with Gasteiger partial charge in [-0.15, -0.1) is 12.4 Å². The molecular weight excluding hydrogens is 426 g/mol. The molecule has 0 aliphatic rings. The average molecular weight is 462 g/mol. The largest absolute Gasteiger partial charge is 0.391 e. The van der Waals surface area contributed by atoms with Crippen molar-refractivity contribution in [3.63, 3.8) is 0 Å². The van der Waals surface area contributed by atoms with Crippen LogP contribution < -0.4 is 16.4 Å². The molecule has 0 aliphatic carbocycles. The van der Waals surface area contributed by atoms with Crippen LogP contribution in [0.25, 0.3) is 0 Å². The lowest BCUT2D eigenvalue weighted by Crippen LogP contribution is -2.52. The van der Waals surface area contributed by atoms with Crippen molar-refractivity contribution in [3.8, 4) is 0 Å². The molecule has 0 aliphatic heterocycles. The van der Waals surface area contributed by atoms with Crippen molar-refractivity contribution in [1.82, 2.24) is 10.6 Å². The molecule has 2 aromatic carbocycles. The lowest BCUT2D eigenvalue weighted by Gasteiger charge is -2.26. The summed E-state index contributed by atoms with van der Waals surface area (Å²) >= 11 is 0. The zero-order chi connectivity index (χ0) is 22.6. The quantitative estimate of drug-likeness (QED) is 0.390. The van der Waals surface area contributed by atoms with Gasteiger partial charge in [0.1, 0.15) is 0 Å². The number of aliphatic hydroxyl groups is 1. The highest BCUT2D eigenvalue weighted by Gasteiger charge is 2.26. The van der Waals surface area contributed by atoms with E-state index in [4.69, 9.17) is 5.73 Å². The second-order valence-corrected chi connectivity index (χ2v) is 8.27. The van der Waals surface area contributed by atoms with Crippen LogP contribution in [0.3, 0.4) is 0 Å². The van der Waals surface area contributed by atoms with Crippen LogP contribution in [0.4, 0.5) is 0 Å². The van der Waals surface area contributed by atoms with Crippen LogP contribution in [0.2, 0.25) is 0 Å². The third-order valence-electron chi connectivity index (χ3n) is 5.36. The number of carbonyl (C=O) groups excluding carboxylic acids is 2. The first kappa shape index (κ1) is 27.6. The molecule has 2 aromatic rings. The maximum absolute atomic E-state index is 12.5. The summed E-state index contributed by atoms with van der Waals surface area (Å²) in [4.78, 5) is 24.7. The molecule has 7 heteroatoms. The number of aliphatic hydroxyl groups excluding tert-OH is 1. The molecule has 176 valence electrons. The van der Waals surface area contributed by atoms with Crippen LogP contribution in [0, 0.1) is 5.92 Å². The number of halogens is 1. The molecule has 0 unspecified atom stereocenters. The predicted octanol–water partition coefficient (Wildman–Crippen LogP) is 2.62. The summed E-state index contributed by atoms with van der Waals surface area (Å²) in [7, 11) is 0. The van der Waals surface area contributed by atoms with E-state index in [9.17, 15) is 14.7 Å². The zero-order valence-corrected chi connectivity index (χ0v) is 19.7. The minimum absolute atomic E-state index is 0. The molecule has 0 radical (unpaired) electrons. The van der Waals surface area contributed by atoms with E-state index in [1.54, 1.807) is 0 Å². The Morgan fingerprint density at radius 2 is 1.53 bits per heavy atom. The zero-order valence-electron chi connectivity index (χ0n) is 18.9. The number of carbonyl (C=O) groups is 2. The summed E-state index contributed by atoms with van der Waals surface area (Å²) in [6.07, 6.45) is 0.811. The van der Waals surface area contributed by atoms with Crippen molar-refractivity contribution in [3.05, 3.63) is 71.8 Å². The van der Waals surface area contributed by atoms with E-state index in [1.807, 2.05) is 74.5 Å². The fourth-order valence-corrected chi connectivity index (χ4v) is 3.29. The number of amides is 2. The highest BCUT2D eigenvalue weighted by Crippen LogP contribution is 2.11. The fraction of sp³-hybridized carbons (Fsp3) is 0.440. The summed E-state index contributed by atoms with van der Waals surface area (Å²) in [6, 6.07) is 18.4. The molecule has 0 spiro atoms. The van der Waals surface area contributed by atoms with E-state index in [0.717, 1.165) is 17.5 Å². The first-order valence-corrected chi connectivity index (χ1v) is 11.0. The highest BCUT2D eigenvalue weighted by atomic mass is 35.5. The van der Waals surface area contributed by atoms with Crippen molar-refractivity contribution in [2.75, 3.05) is 6.54 Å². The van der Waals surface area contributed by atoms with Gasteiger partial charge in [-0.05, 0) is 36.3 Å². The lowest BCUT2D eigenvalue weighted by molar-refractivity contribution is -0.124.